The van der Waals surface area contributed by atoms with Crippen molar-refractivity contribution < 1.29 is 9.53 Å². The third-order valence-electron chi connectivity index (χ3n) is 2.94. The fourth-order valence-electron chi connectivity index (χ4n) is 1.12. The van der Waals surface area contributed by atoms with Crippen molar-refractivity contribution in [1.29, 1.82) is 0 Å². The average molecular weight is 252 g/mol. The minimum atomic E-state index is -0.488. The zero-order valence-corrected chi connectivity index (χ0v) is 11.5. The normalized spacial score (nSPS) is 11.4. The highest BCUT2D eigenvalue weighted by Crippen LogP contribution is 2.11. The number of anilines is 1. The largest absolute Gasteiger partial charge is 0.464 e. The lowest BCUT2D eigenvalue weighted by Gasteiger charge is -2.32. The van der Waals surface area contributed by atoms with Gasteiger partial charge in [0, 0.05) is 12.1 Å². The van der Waals surface area contributed by atoms with Crippen molar-refractivity contribution in [2.45, 2.75) is 19.4 Å². The molecule has 6 nitrogen and oxygen atoms in total. The minimum absolute atomic E-state index is 0.0249. The molecule has 1 heterocycles. The van der Waals surface area contributed by atoms with Gasteiger partial charge in [-0.15, -0.1) is 0 Å². The Labute approximate surface area is 107 Å². The van der Waals surface area contributed by atoms with E-state index in [9.17, 15) is 4.79 Å². The van der Waals surface area contributed by atoms with E-state index in [1.54, 1.807) is 6.20 Å². The Balaban J connectivity index is 2.72. The molecule has 1 rings (SSSR count). The van der Waals surface area contributed by atoms with Crippen molar-refractivity contribution >= 4 is 11.8 Å². The van der Waals surface area contributed by atoms with Crippen LogP contribution in [-0.2, 0) is 4.74 Å². The zero-order valence-electron chi connectivity index (χ0n) is 11.5. The van der Waals surface area contributed by atoms with Gasteiger partial charge in [-0.2, -0.15) is 0 Å². The average Bonchev–Trinajstić information content (AvgIpc) is 2.35. The predicted octanol–water partition coefficient (Wildman–Crippen LogP) is 1.02. The number of hydrogen-bond donors (Lipinski definition) is 1. The Morgan fingerprint density at radius 2 is 2.11 bits per heavy atom. The van der Waals surface area contributed by atoms with E-state index in [1.165, 1.54) is 13.3 Å². The van der Waals surface area contributed by atoms with E-state index < -0.39 is 5.97 Å². The lowest BCUT2D eigenvalue weighted by atomic mass is 10.0. The quantitative estimate of drug-likeness (QED) is 0.789. The number of hydrogen-bond acceptors (Lipinski definition) is 6. The van der Waals surface area contributed by atoms with E-state index in [-0.39, 0.29) is 11.2 Å². The molecule has 0 fully saturated rings. The molecular weight excluding hydrogens is 232 g/mol. The van der Waals surface area contributed by atoms with E-state index in [1.807, 2.05) is 14.1 Å². The van der Waals surface area contributed by atoms with Crippen LogP contribution in [0.2, 0.25) is 0 Å². The van der Waals surface area contributed by atoms with Gasteiger partial charge in [0.2, 0.25) is 0 Å². The van der Waals surface area contributed by atoms with Gasteiger partial charge >= 0.3 is 5.97 Å². The molecule has 0 aliphatic carbocycles. The summed E-state index contributed by atoms with van der Waals surface area (Å²) in [6.45, 7) is 4.91. The molecule has 0 amide bonds. The van der Waals surface area contributed by atoms with Gasteiger partial charge < -0.3 is 15.0 Å². The molecule has 1 aromatic rings. The van der Waals surface area contributed by atoms with Crippen LogP contribution in [0.15, 0.2) is 12.4 Å². The fourth-order valence-corrected chi connectivity index (χ4v) is 1.12. The second-order valence-corrected chi connectivity index (χ2v) is 4.84. The number of esters is 1. The maximum atomic E-state index is 11.3. The van der Waals surface area contributed by atoms with Gasteiger partial charge in [0.25, 0.3) is 0 Å². The first-order chi connectivity index (χ1) is 8.36. The molecule has 0 atom stereocenters. The van der Waals surface area contributed by atoms with Crippen LogP contribution < -0.4 is 5.32 Å². The molecule has 0 saturated heterocycles. The molecule has 1 aromatic heterocycles. The van der Waals surface area contributed by atoms with Crippen LogP contribution in [0, 0.1) is 0 Å². The summed E-state index contributed by atoms with van der Waals surface area (Å²) in [5, 5.41) is 3.16. The number of carbonyl (C=O) groups is 1. The van der Waals surface area contributed by atoms with Gasteiger partial charge in [-0.1, -0.05) is 0 Å². The molecule has 18 heavy (non-hydrogen) atoms. The highest BCUT2D eigenvalue weighted by atomic mass is 16.5. The van der Waals surface area contributed by atoms with Gasteiger partial charge in [-0.3, -0.25) is 4.98 Å². The van der Waals surface area contributed by atoms with E-state index in [2.05, 4.69) is 38.8 Å². The predicted molar refractivity (Wildman–Crippen MR) is 69.6 cm³/mol. The Kier molecular flexibility index (Phi) is 4.61. The van der Waals surface area contributed by atoms with Gasteiger partial charge in [-0.25, -0.2) is 9.78 Å². The standard InChI is InChI=1S/C12H20N4O2/c1-12(2,16(3)4)8-14-10-7-13-6-9(15-10)11(17)18-5/h6-7H,8H2,1-5H3,(H,14,15). The van der Waals surface area contributed by atoms with Crippen molar-refractivity contribution in [3.63, 3.8) is 0 Å². The Hall–Kier alpha value is -1.69. The Morgan fingerprint density at radius 3 is 2.67 bits per heavy atom. The second kappa shape index (κ2) is 5.77. The molecule has 0 radical (unpaired) electrons. The van der Waals surface area contributed by atoms with Gasteiger partial charge in [0.1, 0.15) is 5.82 Å². The van der Waals surface area contributed by atoms with Gasteiger partial charge in [0.15, 0.2) is 5.69 Å². The number of likely N-dealkylation sites (N-methyl/N-ethyl adjacent to an activating group) is 1. The van der Waals surface area contributed by atoms with Crippen LogP contribution >= 0.6 is 0 Å². The summed E-state index contributed by atoms with van der Waals surface area (Å²) in [5.41, 5.74) is 0.174. The summed E-state index contributed by atoms with van der Waals surface area (Å²) in [5.74, 6) is 0.0749. The number of nitrogens with one attached hydrogen (secondary N) is 1. The molecule has 0 aliphatic heterocycles. The van der Waals surface area contributed by atoms with Crippen LogP contribution in [0.5, 0.6) is 0 Å². The maximum Gasteiger partial charge on any atom is 0.358 e. The summed E-state index contributed by atoms with van der Waals surface area (Å²) in [6.07, 6.45) is 2.96. The van der Waals surface area contributed by atoms with Crippen molar-refractivity contribution in [1.82, 2.24) is 14.9 Å². The summed E-state index contributed by atoms with van der Waals surface area (Å²) >= 11 is 0. The molecule has 0 aromatic carbocycles. The van der Waals surface area contributed by atoms with Crippen LogP contribution in [0.3, 0.4) is 0 Å². The van der Waals surface area contributed by atoms with Crippen LogP contribution in [0.4, 0.5) is 5.82 Å². The topological polar surface area (TPSA) is 67.3 Å². The lowest BCUT2D eigenvalue weighted by molar-refractivity contribution is 0.0593. The summed E-state index contributed by atoms with van der Waals surface area (Å²) in [7, 11) is 5.34. The molecule has 0 saturated carbocycles. The van der Waals surface area contributed by atoms with Crippen LogP contribution in [0.1, 0.15) is 24.3 Å². The second-order valence-electron chi connectivity index (χ2n) is 4.84. The summed E-state index contributed by atoms with van der Waals surface area (Å²) < 4.78 is 4.60. The van der Waals surface area contributed by atoms with Crippen molar-refractivity contribution in [3.8, 4) is 0 Å². The van der Waals surface area contributed by atoms with E-state index in [4.69, 9.17) is 0 Å². The minimum Gasteiger partial charge on any atom is -0.464 e. The summed E-state index contributed by atoms with van der Waals surface area (Å²) in [4.78, 5) is 21.5. The van der Waals surface area contributed by atoms with Crippen LogP contribution in [0.25, 0.3) is 0 Å². The Morgan fingerprint density at radius 1 is 1.44 bits per heavy atom. The number of rotatable bonds is 5. The van der Waals surface area contributed by atoms with E-state index >= 15 is 0 Å². The first-order valence-electron chi connectivity index (χ1n) is 5.68. The number of carbonyl (C=O) groups excluding carboxylic acids is 1. The third kappa shape index (κ3) is 3.66. The fraction of sp³-hybridized carbons (Fsp3) is 0.583. The molecular formula is C12H20N4O2. The molecule has 6 heteroatoms. The highest BCUT2D eigenvalue weighted by Gasteiger charge is 2.20. The van der Waals surface area contributed by atoms with Gasteiger partial charge in [0.05, 0.1) is 19.5 Å². The van der Waals surface area contributed by atoms with Crippen molar-refractivity contribution in [2.24, 2.45) is 0 Å². The molecule has 0 bridgehead atoms. The van der Waals surface area contributed by atoms with Crippen molar-refractivity contribution in [2.75, 3.05) is 33.1 Å². The SMILES string of the molecule is COC(=O)c1cncc(NCC(C)(C)N(C)C)n1. The first kappa shape index (κ1) is 14.4. The third-order valence-corrected chi connectivity index (χ3v) is 2.94. The molecule has 100 valence electrons. The molecule has 0 aliphatic rings. The van der Waals surface area contributed by atoms with Gasteiger partial charge in [-0.05, 0) is 27.9 Å². The number of ether oxygens (including phenoxy) is 1. The van der Waals surface area contributed by atoms with Crippen molar-refractivity contribution in [3.05, 3.63) is 18.1 Å². The number of nitrogens with zero attached hydrogens (tertiary/aromatic N) is 3. The Bertz CT molecular complexity index is 418. The van der Waals surface area contributed by atoms with Crippen LogP contribution in [-0.4, -0.2) is 54.1 Å². The van der Waals surface area contributed by atoms with E-state index in [0.717, 1.165) is 0 Å². The summed E-state index contributed by atoms with van der Waals surface area (Å²) in [6, 6.07) is 0. The molecule has 1 N–H and O–H groups in total. The maximum absolute atomic E-state index is 11.3. The number of aromatic nitrogens is 2. The van der Waals surface area contributed by atoms with E-state index in [0.29, 0.717) is 12.4 Å². The first-order valence-corrected chi connectivity index (χ1v) is 5.68. The highest BCUT2D eigenvalue weighted by molar-refractivity contribution is 5.87. The lowest BCUT2D eigenvalue weighted by Crippen LogP contribution is -2.44. The smallest absolute Gasteiger partial charge is 0.358 e. The molecule has 0 spiro atoms. The monoisotopic (exact) mass is 252 g/mol. The molecule has 0 unspecified atom stereocenters. The number of methoxy groups -OCH3 is 1. The zero-order chi connectivity index (χ0) is 13.8.